The minimum absolute atomic E-state index is 0.236. The van der Waals surface area contributed by atoms with Crippen molar-refractivity contribution in [3.8, 4) is 0 Å². The van der Waals surface area contributed by atoms with Crippen LogP contribution in [-0.4, -0.2) is 33.1 Å². The van der Waals surface area contributed by atoms with Crippen molar-refractivity contribution in [3.63, 3.8) is 0 Å². The van der Waals surface area contributed by atoms with Gasteiger partial charge in [-0.25, -0.2) is 18.1 Å². The fraction of sp³-hybridized carbons (Fsp3) is 0.474. The van der Waals surface area contributed by atoms with E-state index in [4.69, 9.17) is 4.52 Å². The molecule has 28 heavy (non-hydrogen) atoms. The highest BCUT2D eigenvalue weighted by Gasteiger charge is 2.14. The minimum Gasteiger partial charge on any atom is -0.361 e. The second-order valence-electron chi connectivity index (χ2n) is 6.14. The van der Waals surface area contributed by atoms with Crippen molar-refractivity contribution in [2.45, 2.75) is 51.6 Å². The molecule has 9 heteroatoms. The number of hydrogen-bond donors (Lipinski definition) is 3. The number of aromatic nitrogens is 1. The van der Waals surface area contributed by atoms with Crippen molar-refractivity contribution in [1.29, 1.82) is 0 Å². The molecule has 2 aromatic rings. The number of hydrogen-bond acceptors (Lipinski definition) is 5. The van der Waals surface area contributed by atoms with Gasteiger partial charge in [0, 0.05) is 25.1 Å². The maximum Gasteiger partial charge on any atom is 0.240 e. The number of guanidine groups is 1. The number of aliphatic imine (C=N–C) groups is 1. The Morgan fingerprint density at radius 3 is 2.39 bits per heavy atom. The van der Waals surface area contributed by atoms with Crippen LogP contribution in [0.3, 0.4) is 0 Å². The SMILES string of the molecule is CCNC(=NCc1ccc(S(=O)(=O)NC)cc1)NCc1c(CC)noc1CC. The molecule has 0 aliphatic rings. The molecular weight excluding hydrogens is 378 g/mol. The molecule has 0 saturated carbocycles. The molecule has 1 aromatic carbocycles. The van der Waals surface area contributed by atoms with E-state index in [2.05, 4.69) is 32.4 Å². The van der Waals surface area contributed by atoms with Crippen LogP contribution >= 0.6 is 0 Å². The number of benzene rings is 1. The number of sulfonamides is 1. The average molecular weight is 408 g/mol. The molecule has 0 unspecified atom stereocenters. The molecule has 0 spiro atoms. The van der Waals surface area contributed by atoms with Crippen LogP contribution in [0.5, 0.6) is 0 Å². The zero-order valence-corrected chi connectivity index (χ0v) is 17.7. The molecule has 154 valence electrons. The van der Waals surface area contributed by atoms with Gasteiger partial charge in [-0.05, 0) is 38.1 Å². The lowest BCUT2D eigenvalue weighted by Crippen LogP contribution is -2.37. The summed E-state index contributed by atoms with van der Waals surface area (Å²) in [6, 6.07) is 6.69. The summed E-state index contributed by atoms with van der Waals surface area (Å²) < 4.78 is 31.3. The Morgan fingerprint density at radius 1 is 1.11 bits per heavy atom. The van der Waals surface area contributed by atoms with Gasteiger partial charge in [-0.15, -0.1) is 0 Å². The van der Waals surface area contributed by atoms with Crippen molar-refractivity contribution in [2.24, 2.45) is 4.99 Å². The van der Waals surface area contributed by atoms with Crippen LogP contribution < -0.4 is 15.4 Å². The lowest BCUT2D eigenvalue weighted by Gasteiger charge is -2.12. The second-order valence-corrected chi connectivity index (χ2v) is 8.02. The van der Waals surface area contributed by atoms with Gasteiger partial charge in [0.25, 0.3) is 0 Å². The zero-order valence-electron chi connectivity index (χ0n) is 16.9. The van der Waals surface area contributed by atoms with E-state index in [0.29, 0.717) is 19.0 Å². The molecule has 0 aliphatic heterocycles. The molecule has 3 N–H and O–H groups in total. The van der Waals surface area contributed by atoms with E-state index in [1.807, 2.05) is 13.8 Å². The Bertz CT molecular complexity index is 867. The molecule has 0 radical (unpaired) electrons. The van der Waals surface area contributed by atoms with Crippen molar-refractivity contribution in [3.05, 3.63) is 46.8 Å². The summed E-state index contributed by atoms with van der Waals surface area (Å²) in [7, 11) is -2.03. The molecule has 0 aliphatic carbocycles. The normalized spacial score (nSPS) is 12.2. The predicted octanol–water partition coefficient (Wildman–Crippen LogP) is 1.96. The van der Waals surface area contributed by atoms with Gasteiger partial charge in [-0.1, -0.05) is 31.1 Å². The van der Waals surface area contributed by atoms with Gasteiger partial charge in [0.1, 0.15) is 5.76 Å². The molecule has 0 amide bonds. The molecule has 0 fully saturated rings. The van der Waals surface area contributed by atoms with Crippen molar-refractivity contribution in [2.75, 3.05) is 13.6 Å². The van der Waals surface area contributed by atoms with Gasteiger partial charge < -0.3 is 15.2 Å². The first-order chi connectivity index (χ1) is 13.4. The van der Waals surface area contributed by atoms with E-state index in [1.54, 1.807) is 24.3 Å². The number of rotatable bonds is 9. The number of nitrogens with zero attached hydrogens (tertiary/aromatic N) is 2. The summed E-state index contributed by atoms with van der Waals surface area (Å²) in [5, 5.41) is 10.7. The van der Waals surface area contributed by atoms with Crippen molar-refractivity contribution >= 4 is 16.0 Å². The van der Waals surface area contributed by atoms with E-state index in [0.717, 1.165) is 42.0 Å². The van der Waals surface area contributed by atoms with Crippen LogP contribution in [-0.2, 0) is 36.0 Å². The van der Waals surface area contributed by atoms with Gasteiger partial charge >= 0.3 is 0 Å². The topological polar surface area (TPSA) is 109 Å². The van der Waals surface area contributed by atoms with Crippen LogP contribution in [0.25, 0.3) is 0 Å². The quantitative estimate of drug-likeness (QED) is 0.433. The molecule has 1 heterocycles. The highest BCUT2D eigenvalue weighted by molar-refractivity contribution is 7.89. The Hall–Kier alpha value is -2.39. The van der Waals surface area contributed by atoms with Crippen LogP contribution in [0.1, 0.15) is 43.4 Å². The largest absolute Gasteiger partial charge is 0.361 e. The van der Waals surface area contributed by atoms with E-state index < -0.39 is 10.0 Å². The fourth-order valence-electron chi connectivity index (χ4n) is 2.71. The van der Waals surface area contributed by atoms with Gasteiger partial charge in [-0.2, -0.15) is 0 Å². The van der Waals surface area contributed by atoms with Gasteiger partial charge in [0.2, 0.25) is 10.0 Å². The average Bonchev–Trinajstić information content (AvgIpc) is 3.12. The smallest absolute Gasteiger partial charge is 0.240 e. The summed E-state index contributed by atoms with van der Waals surface area (Å²) in [5.41, 5.74) is 2.96. The summed E-state index contributed by atoms with van der Waals surface area (Å²) >= 11 is 0. The summed E-state index contributed by atoms with van der Waals surface area (Å²) in [4.78, 5) is 4.82. The number of nitrogens with one attached hydrogen (secondary N) is 3. The maximum atomic E-state index is 11.8. The Labute approximate surface area is 166 Å². The third kappa shape index (κ3) is 5.56. The fourth-order valence-corrected chi connectivity index (χ4v) is 3.44. The molecule has 0 saturated heterocycles. The number of aryl methyl sites for hydroxylation is 2. The molecular formula is C19H29N5O3S. The lowest BCUT2D eigenvalue weighted by molar-refractivity contribution is 0.380. The third-order valence-electron chi connectivity index (χ3n) is 4.31. The van der Waals surface area contributed by atoms with E-state index in [1.165, 1.54) is 7.05 Å². The van der Waals surface area contributed by atoms with E-state index in [-0.39, 0.29) is 4.90 Å². The summed E-state index contributed by atoms with van der Waals surface area (Å²) in [6.07, 6.45) is 1.61. The summed E-state index contributed by atoms with van der Waals surface area (Å²) in [5.74, 6) is 1.57. The minimum atomic E-state index is -3.43. The highest BCUT2D eigenvalue weighted by Crippen LogP contribution is 2.15. The van der Waals surface area contributed by atoms with Gasteiger partial charge in [0.15, 0.2) is 5.96 Å². The standard InChI is InChI=1S/C19H29N5O3S/c1-5-17-16(18(6-2)27-24-17)13-23-19(21-7-3)22-12-14-8-10-15(11-9-14)28(25,26)20-4/h8-11,20H,5-7,12-13H2,1-4H3,(H2,21,22,23). The monoisotopic (exact) mass is 407 g/mol. The van der Waals surface area contributed by atoms with Gasteiger partial charge in [0.05, 0.1) is 17.1 Å². The maximum absolute atomic E-state index is 11.8. The van der Waals surface area contributed by atoms with E-state index in [9.17, 15) is 8.42 Å². The second kappa shape index (κ2) is 10.2. The highest BCUT2D eigenvalue weighted by atomic mass is 32.2. The summed E-state index contributed by atoms with van der Waals surface area (Å²) in [6.45, 7) is 7.85. The molecule has 0 atom stereocenters. The first-order valence-corrected chi connectivity index (χ1v) is 10.9. The molecule has 8 nitrogen and oxygen atoms in total. The Kier molecular flexibility index (Phi) is 8.01. The third-order valence-corrected chi connectivity index (χ3v) is 5.74. The Balaban J connectivity index is 2.07. The molecule has 0 bridgehead atoms. The van der Waals surface area contributed by atoms with Crippen LogP contribution in [0.4, 0.5) is 0 Å². The van der Waals surface area contributed by atoms with Crippen molar-refractivity contribution in [1.82, 2.24) is 20.5 Å². The van der Waals surface area contributed by atoms with E-state index >= 15 is 0 Å². The predicted molar refractivity (Wildman–Crippen MR) is 110 cm³/mol. The molecule has 1 aromatic heterocycles. The van der Waals surface area contributed by atoms with Crippen LogP contribution in [0.15, 0.2) is 38.7 Å². The van der Waals surface area contributed by atoms with Crippen LogP contribution in [0, 0.1) is 0 Å². The first kappa shape index (κ1) is 21.9. The zero-order chi connectivity index (χ0) is 20.6. The van der Waals surface area contributed by atoms with Crippen LogP contribution in [0.2, 0.25) is 0 Å². The lowest BCUT2D eigenvalue weighted by atomic mass is 10.1. The van der Waals surface area contributed by atoms with Crippen molar-refractivity contribution < 1.29 is 12.9 Å². The first-order valence-electron chi connectivity index (χ1n) is 9.46. The molecule has 2 rings (SSSR count). The Morgan fingerprint density at radius 2 is 1.82 bits per heavy atom. The van der Waals surface area contributed by atoms with Gasteiger partial charge in [-0.3, -0.25) is 0 Å².